The maximum absolute atomic E-state index is 14.5. The number of carbonyl (C=O) groups is 1. The highest BCUT2D eigenvalue weighted by Gasteiger charge is 2.36. The van der Waals surface area contributed by atoms with Crippen molar-refractivity contribution in [2.75, 3.05) is 5.32 Å². The van der Waals surface area contributed by atoms with Crippen molar-refractivity contribution in [3.05, 3.63) is 82.4 Å². The molecule has 0 spiro atoms. The largest absolute Gasteiger partial charge is 0.457 e. The van der Waals surface area contributed by atoms with Crippen LogP contribution in [0.1, 0.15) is 46.9 Å². The van der Waals surface area contributed by atoms with Crippen molar-refractivity contribution in [2.45, 2.75) is 32.5 Å². The van der Waals surface area contributed by atoms with E-state index >= 15 is 0 Å². The van der Waals surface area contributed by atoms with Crippen LogP contribution >= 0.6 is 0 Å². The number of amides is 1. The van der Waals surface area contributed by atoms with Gasteiger partial charge in [0.2, 0.25) is 0 Å². The molecule has 0 saturated heterocycles. The molecule has 0 heterocycles. The van der Waals surface area contributed by atoms with Crippen molar-refractivity contribution in [1.82, 2.24) is 0 Å². The van der Waals surface area contributed by atoms with Crippen LogP contribution in [0.2, 0.25) is 0 Å². The first-order valence-corrected chi connectivity index (χ1v) is 10.2. The Morgan fingerprint density at radius 3 is 2.47 bits per heavy atom. The lowest BCUT2D eigenvalue weighted by Crippen LogP contribution is -2.21. The summed E-state index contributed by atoms with van der Waals surface area (Å²) >= 11 is 0. The lowest BCUT2D eigenvalue weighted by atomic mass is 9.89. The van der Waals surface area contributed by atoms with Crippen molar-refractivity contribution in [1.29, 1.82) is 0 Å². The van der Waals surface area contributed by atoms with Crippen LogP contribution in [-0.4, -0.2) is 13.8 Å². The van der Waals surface area contributed by atoms with Gasteiger partial charge in [0.1, 0.15) is 31.0 Å². The third-order valence-electron chi connectivity index (χ3n) is 5.19. The number of carbonyl (C=O) groups excluding carboxylic acids is 1. The number of ether oxygens (including phenoxy) is 1. The van der Waals surface area contributed by atoms with Crippen molar-refractivity contribution in [3.63, 3.8) is 0 Å². The number of primary amides is 1. The number of nitrogens with two attached hydrogens (primary N) is 1. The molecule has 3 N–H and O–H groups in total. The predicted molar refractivity (Wildman–Crippen MR) is 120 cm³/mol. The molecule has 0 aliphatic rings. The SMILES string of the molecule is [B]c1cccc(Oc2ccc(NC(C)c3c(F)cc(F)cc3CC)c(C(N)=O)c2)c1C(F)(F)F. The van der Waals surface area contributed by atoms with Gasteiger partial charge in [-0.15, -0.1) is 0 Å². The highest BCUT2D eigenvalue weighted by atomic mass is 19.4. The first-order valence-electron chi connectivity index (χ1n) is 10.2. The number of anilines is 1. The molecular formula is C24H20BF5N2O2. The highest BCUT2D eigenvalue weighted by Crippen LogP contribution is 2.37. The Morgan fingerprint density at radius 2 is 1.85 bits per heavy atom. The van der Waals surface area contributed by atoms with Crippen LogP contribution in [0, 0.1) is 11.6 Å². The molecule has 2 radical (unpaired) electrons. The van der Waals surface area contributed by atoms with E-state index in [9.17, 15) is 26.7 Å². The summed E-state index contributed by atoms with van der Waals surface area (Å²) in [7, 11) is 5.48. The van der Waals surface area contributed by atoms with Gasteiger partial charge in [-0.1, -0.05) is 24.5 Å². The van der Waals surface area contributed by atoms with E-state index in [2.05, 4.69) is 5.32 Å². The van der Waals surface area contributed by atoms with Gasteiger partial charge in [0.15, 0.2) is 0 Å². The van der Waals surface area contributed by atoms with Crippen LogP contribution in [0.25, 0.3) is 0 Å². The van der Waals surface area contributed by atoms with Crippen molar-refractivity contribution in [2.24, 2.45) is 5.73 Å². The number of benzene rings is 3. The van der Waals surface area contributed by atoms with Gasteiger partial charge in [-0.05, 0) is 49.2 Å². The molecule has 176 valence electrons. The number of alkyl halides is 3. The summed E-state index contributed by atoms with van der Waals surface area (Å²) in [5, 5.41) is 2.96. The zero-order valence-electron chi connectivity index (χ0n) is 18.3. The Morgan fingerprint density at radius 1 is 1.15 bits per heavy atom. The zero-order chi connectivity index (χ0) is 25.2. The molecule has 10 heteroatoms. The number of hydrogen-bond donors (Lipinski definition) is 2. The summed E-state index contributed by atoms with van der Waals surface area (Å²) < 4.78 is 73.7. The van der Waals surface area contributed by atoms with E-state index in [0.29, 0.717) is 12.0 Å². The van der Waals surface area contributed by atoms with E-state index in [1.165, 1.54) is 30.3 Å². The van der Waals surface area contributed by atoms with E-state index in [0.717, 1.165) is 18.2 Å². The third kappa shape index (κ3) is 5.32. The van der Waals surface area contributed by atoms with Crippen molar-refractivity contribution < 1.29 is 31.5 Å². The van der Waals surface area contributed by atoms with Gasteiger partial charge >= 0.3 is 6.18 Å². The number of hydrogen-bond acceptors (Lipinski definition) is 3. The molecule has 3 rings (SSSR count). The molecule has 3 aromatic carbocycles. The standard InChI is InChI=1S/C24H20BF5N2O2/c1-3-13-9-14(26)10-18(27)21(13)12(2)32-19-8-7-15(11-16(19)23(31)33)34-20-6-4-5-17(25)22(20)24(28,29)30/h4-12,32H,3H2,1-2H3,(H2,31,33). The van der Waals surface area contributed by atoms with E-state index in [-0.39, 0.29) is 22.6 Å². The van der Waals surface area contributed by atoms with E-state index < -0.39 is 46.5 Å². The summed E-state index contributed by atoms with van der Waals surface area (Å²) in [5.74, 6) is -2.98. The summed E-state index contributed by atoms with van der Waals surface area (Å²) in [6.07, 6.45) is -4.40. The normalized spacial score (nSPS) is 12.3. The van der Waals surface area contributed by atoms with Crippen LogP contribution in [-0.2, 0) is 12.6 Å². The quantitative estimate of drug-likeness (QED) is 0.356. The van der Waals surface area contributed by atoms with E-state index in [1.807, 2.05) is 0 Å². The fourth-order valence-corrected chi connectivity index (χ4v) is 3.70. The van der Waals surface area contributed by atoms with Crippen LogP contribution in [0.4, 0.5) is 27.6 Å². The minimum atomic E-state index is -4.76. The maximum Gasteiger partial charge on any atom is 0.419 e. The molecule has 3 aromatic rings. The van der Waals surface area contributed by atoms with Gasteiger partial charge in [-0.2, -0.15) is 13.2 Å². The Labute approximate surface area is 194 Å². The average molecular weight is 474 g/mol. The number of rotatable bonds is 7. The fraction of sp³-hybridized carbons (Fsp3) is 0.208. The second-order valence-corrected chi connectivity index (χ2v) is 7.57. The van der Waals surface area contributed by atoms with Crippen molar-refractivity contribution >= 4 is 24.9 Å². The summed E-state index contributed by atoms with van der Waals surface area (Å²) in [4.78, 5) is 12.1. The third-order valence-corrected chi connectivity index (χ3v) is 5.19. The smallest absolute Gasteiger partial charge is 0.419 e. The van der Waals surface area contributed by atoms with E-state index in [1.54, 1.807) is 13.8 Å². The van der Waals surface area contributed by atoms with Gasteiger partial charge in [0.25, 0.3) is 5.91 Å². The number of halogens is 5. The molecule has 0 aliphatic carbocycles. The first-order chi connectivity index (χ1) is 15.9. The molecule has 0 aliphatic heterocycles. The molecule has 34 heavy (non-hydrogen) atoms. The Kier molecular flexibility index (Phi) is 7.19. The lowest BCUT2D eigenvalue weighted by molar-refractivity contribution is -0.137. The lowest BCUT2D eigenvalue weighted by Gasteiger charge is -2.22. The topological polar surface area (TPSA) is 64.3 Å². The van der Waals surface area contributed by atoms with Gasteiger partial charge in [0, 0.05) is 17.3 Å². The Balaban J connectivity index is 1.96. The fourth-order valence-electron chi connectivity index (χ4n) is 3.70. The minimum absolute atomic E-state index is 0.0923. The first kappa shape index (κ1) is 25.1. The van der Waals surface area contributed by atoms with Gasteiger partial charge in [-0.25, -0.2) is 8.78 Å². The summed E-state index contributed by atoms with van der Waals surface area (Å²) in [6.45, 7) is 3.37. The zero-order valence-corrected chi connectivity index (χ0v) is 18.3. The van der Waals surface area contributed by atoms with Gasteiger partial charge in [-0.3, -0.25) is 4.79 Å². The molecule has 1 amide bonds. The van der Waals surface area contributed by atoms with E-state index in [4.69, 9.17) is 18.3 Å². The summed E-state index contributed by atoms with van der Waals surface area (Å²) in [5.41, 5.74) is 4.56. The second-order valence-electron chi connectivity index (χ2n) is 7.57. The number of aryl methyl sites for hydroxylation is 1. The maximum atomic E-state index is 14.5. The monoisotopic (exact) mass is 474 g/mol. The van der Waals surface area contributed by atoms with Crippen LogP contribution in [0.3, 0.4) is 0 Å². The highest BCUT2D eigenvalue weighted by molar-refractivity contribution is 6.33. The molecule has 1 unspecified atom stereocenters. The van der Waals surface area contributed by atoms with Crippen LogP contribution in [0.15, 0.2) is 48.5 Å². The molecule has 0 aromatic heterocycles. The van der Waals surface area contributed by atoms with Crippen molar-refractivity contribution in [3.8, 4) is 11.5 Å². The van der Waals surface area contributed by atoms with Crippen LogP contribution < -0.4 is 21.3 Å². The molecule has 4 nitrogen and oxygen atoms in total. The average Bonchev–Trinajstić information content (AvgIpc) is 2.72. The molecule has 0 fully saturated rings. The predicted octanol–water partition coefficient (Wildman–Crippen LogP) is 5.40. The van der Waals surface area contributed by atoms with Crippen LogP contribution in [0.5, 0.6) is 11.5 Å². The summed E-state index contributed by atoms with van der Waals surface area (Å²) in [6, 6.07) is 8.67. The second kappa shape index (κ2) is 9.74. The Bertz CT molecular complexity index is 1230. The molecule has 0 saturated carbocycles. The van der Waals surface area contributed by atoms with Gasteiger partial charge < -0.3 is 15.8 Å². The minimum Gasteiger partial charge on any atom is -0.457 e. The molecule has 1 atom stereocenters. The molecular weight excluding hydrogens is 454 g/mol. The number of nitrogens with one attached hydrogen (secondary N) is 1. The van der Waals surface area contributed by atoms with Gasteiger partial charge in [0.05, 0.1) is 17.2 Å². The molecule has 0 bridgehead atoms. The Hall–Kier alpha value is -3.56.